The quantitative estimate of drug-likeness (QED) is 0.875. The van der Waals surface area contributed by atoms with Crippen LogP contribution in [0.5, 0.6) is 0 Å². The van der Waals surface area contributed by atoms with E-state index in [4.69, 9.17) is 14.8 Å². The van der Waals surface area contributed by atoms with E-state index in [-0.39, 0.29) is 11.0 Å². The van der Waals surface area contributed by atoms with Crippen LogP contribution in [-0.4, -0.2) is 32.8 Å². The average molecular weight is 349 g/mol. The smallest absolute Gasteiger partial charge is 0.214 e. The lowest BCUT2D eigenvalue weighted by Crippen LogP contribution is -2.45. The van der Waals surface area contributed by atoms with Gasteiger partial charge in [-0.3, -0.25) is 0 Å². The second-order valence-corrected chi connectivity index (χ2v) is 9.39. The van der Waals surface area contributed by atoms with Crippen LogP contribution in [-0.2, 0) is 10.2 Å². The first-order chi connectivity index (χ1) is 11.4. The zero-order valence-electron chi connectivity index (χ0n) is 15.0. The summed E-state index contributed by atoms with van der Waals surface area (Å²) in [6, 6.07) is 0.467. The first-order valence-electron chi connectivity index (χ1n) is 9.21. The van der Waals surface area contributed by atoms with E-state index in [2.05, 4.69) is 32.3 Å². The zero-order chi connectivity index (χ0) is 16.8. The number of rotatable bonds is 2. The number of imidazole rings is 1. The van der Waals surface area contributed by atoms with Gasteiger partial charge in [0.1, 0.15) is 0 Å². The normalized spacial score (nSPS) is 24.5. The van der Waals surface area contributed by atoms with E-state index in [1.807, 2.05) is 4.52 Å². The van der Waals surface area contributed by atoms with Crippen molar-refractivity contribution in [2.45, 2.75) is 82.8 Å². The minimum atomic E-state index is 0.0646. The topological polar surface area (TPSA) is 51.5 Å². The highest BCUT2D eigenvalue weighted by Gasteiger charge is 2.38. The van der Waals surface area contributed by atoms with E-state index in [0.717, 1.165) is 35.2 Å². The van der Waals surface area contributed by atoms with E-state index in [1.54, 1.807) is 11.3 Å². The van der Waals surface area contributed by atoms with Gasteiger partial charge in [0.25, 0.3) is 0 Å². The average Bonchev–Trinajstić information content (AvgIpc) is 3.06. The summed E-state index contributed by atoms with van der Waals surface area (Å²) in [5, 5.41) is 9.33. The molecule has 1 saturated heterocycles. The molecular formula is C18H28N4OS. The zero-order valence-corrected chi connectivity index (χ0v) is 15.8. The van der Waals surface area contributed by atoms with Gasteiger partial charge in [0.2, 0.25) is 10.1 Å². The van der Waals surface area contributed by atoms with Crippen LogP contribution in [0.25, 0.3) is 4.96 Å². The number of nitrogens with one attached hydrogen (secondary N) is 1. The standard InChI is InChI=1S/C18H28N4OS/c1-17(2,3)14-12-22-16(20-14)24-15(21-22)19-13-7-10-23-18(11-13)8-5-4-6-9-18/h12-13H,4-11H2,1-3H3,(H,19,21). The second kappa shape index (κ2) is 5.99. The first-order valence-corrected chi connectivity index (χ1v) is 10.0. The molecule has 5 nitrogen and oxygen atoms in total. The molecule has 4 rings (SSSR count). The number of hydrogen-bond acceptors (Lipinski definition) is 5. The Hall–Kier alpha value is -1.14. The van der Waals surface area contributed by atoms with Gasteiger partial charge in [0.15, 0.2) is 0 Å². The third-order valence-corrected chi connectivity index (χ3v) is 6.25. The predicted octanol–water partition coefficient (Wildman–Crippen LogP) is 4.38. The third kappa shape index (κ3) is 3.18. The highest BCUT2D eigenvalue weighted by molar-refractivity contribution is 7.20. The molecule has 1 saturated carbocycles. The molecule has 2 aliphatic rings. The molecule has 3 heterocycles. The SMILES string of the molecule is CC(C)(C)c1cn2nc(NC3CCOC4(CCCCC4)C3)sc2n1. The fourth-order valence-corrected chi connectivity index (χ4v) is 4.85. The summed E-state index contributed by atoms with van der Waals surface area (Å²) >= 11 is 1.65. The molecule has 1 aliphatic carbocycles. The highest BCUT2D eigenvalue weighted by Crippen LogP contribution is 2.39. The highest BCUT2D eigenvalue weighted by atomic mass is 32.1. The molecule has 2 aromatic rings. The molecule has 1 unspecified atom stereocenters. The number of fused-ring (bicyclic) bond motifs is 1. The van der Waals surface area contributed by atoms with Gasteiger partial charge in [-0.2, -0.15) is 0 Å². The van der Waals surface area contributed by atoms with Crippen molar-refractivity contribution in [2.24, 2.45) is 0 Å². The Morgan fingerprint density at radius 2 is 2.08 bits per heavy atom. The summed E-state index contributed by atoms with van der Waals surface area (Å²) < 4.78 is 8.12. The molecule has 6 heteroatoms. The van der Waals surface area contributed by atoms with Gasteiger partial charge in [0, 0.05) is 18.1 Å². The van der Waals surface area contributed by atoms with Crippen LogP contribution in [0.15, 0.2) is 6.20 Å². The van der Waals surface area contributed by atoms with Gasteiger partial charge in [-0.25, -0.2) is 9.50 Å². The van der Waals surface area contributed by atoms with Crippen LogP contribution in [0.3, 0.4) is 0 Å². The van der Waals surface area contributed by atoms with E-state index >= 15 is 0 Å². The first kappa shape index (κ1) is 16.3. The van der Waals surface area contributed by atoms with Gasteiger partial charge in [-0.1, -0.05) is 51.4 Å². The summed E-state index contributed by atoms with van der Waals surface area (Å²) in [7, 11) is 0. The Bertz CT molecular complexity index is 671. The van der Waals surface area contributed by atoms with E-state index in [0.29, 0.717) is 6.04 Å². The summed E-state index contributed by atoms with van der Waals surface area (Å²) in [6.45, 7) is 7.42. The van der Waals surface area contributed by atoms with Crippen molar-refractivity contribution >= 4 is 21.4 Å². The maximum Gasteiger partial charge on any atom is 0.214 e. The molecule has 24 heavy (non-hydrogen) atoms. The minimum Gasteiger partial charge on any atom is -0.375 e. The number of hydrogen-bond donors (Lipinski definition) is 1. The van der Waals surface area contributed by atoms with Crippen molar-refractivity contribution in [3.63, 3.8) is 0 Å². The fourth-order valence-electron chi connectivity index (χ4n) is 3.99. The van der Waals surface area contributed by atoms with E-state index in [9.17, 15) is 0 Å². The van der Waals surface area contributed by atoms with Crippen molar-refractivity contribution in [3.8, 4) is 0 Å². The molecule has 1 atom stereocenters. The van der Waals surface area contributed by atoms with Gasteiger partial charge < -0.3 is 10.1 Å². The Labute approximate surface area is 147 Å². The van der Waals surface area contributed by atoms with Gasteiger partial charge in [-0.15, -0.1) is 5.10 Å². The van der Waals surface area contributed by atoms with Crippen LogP contribution in [0.4, 0.5) is 5.13 Å². The maximum absolute atomic E-state index is 6.20. The molecule has 0 bridgehead atoms. The van der Waals surface area contributed by atoms with Crippen molar-refractivity contribution < 1.29 is 4.74 Å². The summed E-state index contributed by atoms with van der Waals surface area (Å²) in [6.07, 6.45) is 10.7. The molecular weight excluding hydrogens is 320 g/mol. The van der Waals surface area contributed by atoms with Gasteiger partial charge in [-0.05, 0) is 25.7 Å². The molecule has 0 aromatic carbocycles. The van der Waals surface area contributed by atoms with Crippen LogP contribution in [0.2, 0.25) is 0 Å². The molecule has 0 radical (unpaired) electrons. The van der Waals surface area contributed by atoms with E-state index < -0.39 is 0 Å². The van der Waals surface area contributed by atoms with Crippen LogP contribution >= 0.6 is 11.3 Å². The molecule has 1 spiro atoms. The van der Waals surface area contributed by atoms with Gasteiger partial charge >= 0.3 is 0 Å². The number of anilines is 1. The Kier molecular flexibility index (Phi) is 4.07. The number of ether oxygens (including phenoxy) is 1. The third-order valence-electron chi connectivity index (χ3n) is 5.40. The lowest BCUT2D eigenvalue weighted by atomic mass is 9.78. The molecule has 0 amide bonds. The van der Waals surface area contributed by atoms with Gasteiger partial charge in [0.05, 0.1) is 17.5 Å². The van der Waals surface area contributed by atoms with Crippen LogP contribution in [0, 0.1) is 0 Å². The lowest BCUT2D eigenvalue weighted by molar-refractivity contribution is -0.103. The largest absolute Gasteiger partial charge is 0.375 e. The molecule has 132 valence electrons. The van der Waals surface area contributed by atoms with Crippen molar-refractivity contribution in [1.82, 2.24) is 14.6 Å². The second-order valence-electron chi connectivity index (χ2n) is 8.44. The van der Waals surface area contributed by atoms with Crippen molar-refractivity contribution in [1.29, 1.82) is 0 Å². The summed E-state index contributed by atoms with van der Waals surface area (Å²) in [5.74, 6) is 0. The Morgan fingerprint density at radius 1 is 1.29 bits per heavy atom. The summed E-state index contributed by atoms with van der Waals surface area (Å²) in [5.41, 5.74) is 1.29. The predicted molar refractivity (Wildman–Crippen MR) is 98.0 cm³/mol. The molecule has 1 aliphatic heterocycles. The molecule has 2 fully saturated rings. The fraction of sp³-hybridized carbons (Fsp3) is 0.778. The number of aromatic nitrogens is 3. The Balaban J connectivity index is 1.46. The molecule has 1 N–H and O–H groups in total. The Morgan fingerprint density at radius 3 is 2.79 bits per heavy atom. The minimum absolute atomic E-state index is 0.0646. The van der Waals surface area contributed by atoms with Crippen molar-refractivity contribution in [3.05, 3.63) is 11.9 Å². The monoisotopic (exact) mass is 348 g/mol. The van der Waals surface area contributed by atoms with Crippen LogP contribution in [0.1, 0.15) is 71.4 Å². The maximum atomic E-state index is 6.20. The lowest BCUT2D eigenvalue weighted by Gasteiger charge is -2.43. The summed E-state index contributed by atoms with van der Waals surface area (Å²) in [4.78, 5) is 5.71. The van der Waals surface area contributed by atoms with Crippen molar-refractivity contribution in [2.75, 3.05) is 11.9 Å². The molecule has 2 aromatic heterocycles. The van der Waals surface area contributed by atoms with Crippen LogP contribution < -0.4 is 5.32 Å². The number of nitrogens with zero attached hydrogens (tertiary/aromatic N) is 3. The van der Waals surface area contributed by atoms with E-state index in [1.165, 1.54) is 32.1 Å².